The molecule has 2 rings (SSSR count). The number of nitrogens with one attached hydrogen (secondary N) is 1. The van der Waals surface area contributed by atoms with E-state index in [4.69, 9.17) is 16.6 Å². The number of aromatic nitrogens is 3. The number of hydrogen-bond donors (Lipinski definition) is 1. The van der Waals surface area contributed by atoms with Gasteiger partial charge in [0.2, 0.25) is 0 Å². The zero-order valence-corrected chi connectivity index (χ0v) is 11.7. The summed E-state index contributed by atoms with van der Waals surface area (Å²) in [5.74, 6) is 1.16. The summed E-state index contributed by atoms with van der Waals surface area (Å²) in [6.45, 7) is 6.46. The molecule has 4 nitrogen and oxygen atoms in total. The number of aromatic amines is 1. The third kappa shape index (κ3) is 2.81. The fourth-order valence-electron chi connectivity index (χ4n) is 1.57. The molecule has 0 saturated heterocycles. The zero-order valence-electron chi connectivity index (χ0n) is 10.1. The fraction of sp³-hybridized carbons (Fsp3) is 0.545. The van der Waals surface area contributed by atoms with Crippen LogP contribution in [0.25, 0.3) is 10.8 Å². The normalized spacial score (nSPS) is 11.3. The van der Waals surface area contributed by atoms with E-state index >= 15 is 0 Å². The molecule has 2 heterocycles. The lowest BCUT2D eigenvalue weighted by molar-refractivity contribution is 0.552. The fourth-order valence-corrected chi connectivity index (χ4v) is 2.99. The third-order valence-electron chi connectivity index (χ3n) is 2.29. The van der Waals surface area contributed by atoms with Gasteiger partial charge in [0, 0.05) is 6.42 Å². The van der Waals surface area contributed by atoms with Crippen molar-refractivity contribution in [3.63, 3.8) is 0 Å². The molecule has 0 amide bonds. The van der Waals surface area contributed by atoms with Gasteiger partial charge in [0.1, 0.15) is 4.88 Å². The van der Waals surface area contributed by atoms with Crippen LogP contribution in [0.5, 0.6) is 0 Å². The van der Waals surface area contributed by atoms with E-state index in [1.807, 2.05) is 0 Å². The lowest BCUT2D eigenvalue weighted by atomic mass is 10.1. The molecule has 6 heteroatoms. The van der Waals surface area contributed by atoms with Crippen LogP contribution < -0.4 is 0 Å². The van der Waals surface area contributed by atoms with Gasteiger partial charge in [-0.15, -0.1) is 16.4 Å². The lowest BCUT2D eigenvalue weighted by Gasteiger charge is -1.98. The van der Waals surface area contributed by atoms with Gasteiger partial charge >= 0.3 is 0 Å². The van der Waals surface area contributed by atoms with E-state index in [1.165, 1.54) is 0 Å². The molecule has 0 aliphatic carbocycles. The maximum absolute atomic E-state index is 5.35. The number of hydrogen-bond acceptors (Lipinski definition) is 5. The van der Waals surface area contributed by atoms with Crippen molar-refractivity contribution in [2.24, 2.45) is 5.92 Å². The molecule has 1 N–H and O–H groups in total. The first-order chi connectivity index (χ1) is 8.10. The van der Waals surface area contributed by atoms with E-state index < -0.39 is 0 Å². The molecule has 0 bridgehead atoms. The van der Waals surface area contributed by atoms with Crippen molar-refractivity contribution in [3.8, 4) is 10.8 Å². The van der Waals surface area contributed by atoms with Gasteiger partial charge in [-0.25, -0.2) is 10.1 Å². The van der Waals surface area contributed by atoms with Crippen LogP contribution in [0.3, 0.4) is 0 Å². The predicted molar refractivity (Wildman–Crippen MR) is 70.7 cm³/mol. The van der Waals surface area contributed by atoms with Crippen LogP contribution in [-0.4, -0.2) is 15.2 Å². The molecule has 17 heavy (non-hydrogen) atoms. The summed E-state index contributed by atoms with van der Waals surface area (Å²) in [7, 11) is 0. The van der Waals surface area contributed by atoms with Crippen molar-refractivity contribution in [3.05, 3.63) is 15.5 Å². The molecule has 0 fully saturated rings. The van der Waals surface area contributed by atoms with Crippen molar-refractivity contribution in [1.82, 2.24) is 15.2 Å². The summed E-state index contributed by atoms with van der Waals surface area (Å²) in [5, 5.41) is 7.84. The Morgan fingerprint density at radius 3 is 2.76 bits per heavy atom. The summed E-state index contributed by atoms with van der Waals surface area (Å²) in [5.41, 5.74) is 1.04. The number of aryl methyl sites for hydroxylation is 1. The molecule has 92 valence electrons. The molecule has 0 aliphatic heterocycles. The van der Waals surface area contributed by atoms with E-state index in [1.54, 1.807) is 11.3 Å². The molecule has 2 aromatic heterocycles. The molecule has 0 aromatic carbocycles. The maximum Gasteiger partial charge on any atom is 0.284 e. The van der Waals surface area contributed by atoms with Gasteiger partial charge in [-0.05, 0) is 24.6 Å². The minimum atomic E-state index is 0.306. The molecule has 0 unspecified atom stereocenters. The number of thiazole rings is 1. The Balaban J connectivity index is 2.39. The molecule has 0 saturated carbocycles. The van der Waals surface area contributed by atoms with Gasteiger partial charge < -0.3 is 4.42 Å². The van der Waals surface area contributed by atoms with Crippen LogP contribution in [0.1, 0.15) is 31.5 Å². The van der Waals surface area contributed by atoms with Crippen LogP contribution >= 0.6 is 23.6 Å². The Kier molecular flexibility index (Phi) is 3.73. The van der Waals surface area contributed by atoms with Gasteiger partial charge in [0.25, 0.3) is 10.7 Å². The largest absolute Gasteiger partial charge is 0.408 e. The van der Waals surface area contributed by atoms with Crippen molar-refractivity contribution in [2.45, 2.75) is 33.6 Å². The Bertz CT molecular complexity index is 553. The minimum Gasteiger partial charge on any atom is -0.408 e. The SMILES string of the molecule is CCc1nc(CC(C)C)sc1-c1n[nH]c(=S)o1. The van der Waals surface area contributed by atoms with Crippen LogP contribution in [0, 0.1) is 10.8 Å². The molecular formula is C11H15N3OS2. The summed E-state index contributed by atoms with van der Waals surface area (Å²) >= 11 is 6.53. The molecule has 0 spiro atoms. The highest BCUT2D eigenvalue weighted by molar-refractivity contribution is 7.71. The van der Waals surface area contributed by atoms with E-state index in [0.29, 0.717) is 16.6 Å². The zero-order chi connectivity index (χ0) is 12.4. The average molecular weight is 269 g/mol. The van der Waals surface area contributed by atoms with E-state index in [0.717, 1.165) is 28.4 Å². The highest BCUT2D eigenvalue weighted by atomic mass is 32.1. The predicted octanol–water partition coefficient (Wildman–Crippen LogP) is 3.62. The standard InChI is InChI=1S/C11H15N3OS2/c1-4-7-9(10-13-14-11(16)15-10)17-8(12-7)5-6(2)3/h6H,4-5H2,1-3H3,(H,14,16). The monoisotopic (exact) mass is 269 g/mol. The molecule has 0 aliphatic rings. The summed E-state index contributed by atoms with van der Waals surface area (Å²) < 4.78 is 5.35. The number of nitrogens with zero attached hydrogens (tertiary/aromatic N) is 2. The van der Waals surface area contributed by atoms with Gasteiger partial charge in [-0.2, -0.15) is 0 Å². The first-order valence-corrected chi connectivity index (χ1v) is 6.87. The van der Waals surface area contributed by atoms with Crippen LogP contribution in [0.15, 0.2) is 4.42 Å². The Morgan fingerprint density at radius 2 is 2.24 bits per heavy atom. The van der Waals surface area contributed by atoms with Gasteiger partial charge in [0.05, 0.1) is 10.7 Å². The minimum absolute atomic E-state index is 0.306. The number of H-pyrrole nitrogens is 1. The van der Waals surface area contributed by atoms with Crippen molar-refractivity contribution in [2.75, 3.05) is 0 Å². The van der Waals surface area contributed by atoms with Crippen molar-refractivity contribution in [1.29, 1.82) is 0 Å². The second-order valence-corrected chi connectivity index (χ2v) is 5.71. The van der Waals surface area contributed by atoms with Crippen LogP contribution in [-0.2, 0) is 12.8 Å². The van der Waals surface area contributed by atoms with E-state index in [9.17, 15) is 0 Å². The van der Waals surface area contributed by atoms with E-state index in [2.05, 4.69) is 36.0 Å². The number of rotatable bonds is 4. The second kappa shape index (κ2) is 5.10. The van der Waals surface area contributed by atoms with Crippen LogP contribution in [0.2, 0.25) is 0 Å². The first-order valence-electron chi connectivity index (χ1n) is 5.64. The maximum atomic E-state index is 5.35. The van der Waals surface area contributed by atoms with E-state index in [-0.39, 0.29) is 0 Å². The topological polar surface area (TPSA) is 54.7 Å². The van der Waals surface area contributed by atoms with Gasteiger partial charge in [-0.1, -0.05) is 20.8 Å². The summed E-state index contributed by atoms with van der Waals surface area (Å²) in [6.07, 6.45) is 1.86. The molecule has 0 atom stereocenters. The Morgan fingerprint density at radius 1 is 1.47 bits per heavy atom. The Hall–Kier alpha value is -1.01. The third-order valence-corrected chi connectivity index (χ3v) is 3.57. The molecular weight excluding hydrogens is 254 g/mol. The highest BCUT2D eigenvalue weighted by Crippen LogP contribution is 2.30. The summed E-state index contributed by atoms with van der Waals surface area (Å²) in [4.78, 5) is 5.93. The van der Waals surface area contributed by atoms with Crippen molar-refractivity contribution >= 4 is 23.6 Å². The first kappa shape index (κ1) is 12.4. The molecule has 0 radical (unpaired) electrons. The van der Waals surface area contributed by atoms with Gasteiger partial charge in [-0.3, -0.25) is 0 Å². The summed E-state index contributed by atoms with van der Waals surface area (Å²) in [6, 6.07) is 0. The molecule has 2 aromatic rings. The van der Waals surface area contributed by atoms with Crippen molar-refractivity contribution < 1.29 is 4.42 Å². The van der Waals surface area contributed by atoms with Gasteiger partial charge in [0.15, 0.2) is 0 Å². The van der Waals surface area contributed by atoms with Crippen LogP contribution in [0.4, 0.5) is 0 Å². The lowest BCUT2D eigenvalue weighted by Crippen LogP contribution is -1.93. The average Bonchev–Trinajstić information content (AvgIpc) is 2.83. The highest BCUT2D eigenvalue weighted by Gasteiger charge is 2.16. The quantitative estimate of drug-likeness (QED) is 0.861. The second-order valence-electron chi connectivity index (χ2n) is 4.25. The Labute approximate surface area is 109 Å². The smallest absolute Gasteiger partial charge is 0.284 e.